The van der Waals surface area contributed by atoms with Crippen LogP contribution in [0.4, 0.5) is 0 Å². The molecule has 0 saturated carbocycles. The lowest BCUT2D eigenvalue weighted by Crippen LogP contribution is -2.36. The van der Waals surface area contributed by atoms with Gasteiger partial charge in [0.05, 0.1) is 28.9 Å². The molecule has 7 heteroatoms. The molecule has 0 bridgehead atoms. The van der Waals surface area contributed by atoms with E-state index in [0.29, 0.717) is 26.5 Å². The van der Waals surface area contributed by atoms with E-state index >= 15 is 0 Å². The standard InChI is InChI=1S/C20H13BrN2O4/c1-27-16-9-11(8-15(21)18(16)24)10-22-23-19(25)13-6-2-4-12-5-3-7-14(17(12)13)20(23)26/h2-10,24H,1H3/b22-10-. The highest BCUT2D eigenvalue weighted by atomic mass is 79.9. The molecule has 1 aliphatic rings. The summed E-state index contributed by atoms with van der Waals surface area (Å²) in [5, 5.41) is 16.3. The molecule has 134 valence electrons. The van der Waals surface area contributed by atoms with Crippen LogP contribution in [0, 0.1) is 0 Å². The number of phenolic OH excluding ortho intramolecular Hbond substituents is 1. The Kier molecular flexibility index (Phi) is 4.16. The Morgan fingerprint density at radius 1 is 1.07 bits per heavy atom. The van der Waals surface area contributed by atoms with E-state index in [-0.39, 0.29) is 11.5 Å². The van der Waals surface area contributed by atoms with E-state index in [1.807, 2.05) is 12.1 Å². The maximum absolute atomic E-state index is 12.8. The lowest BCUT2D eigenvalue weighted by molar-refractivity contribution is 0.0616. The zero-order valence-corrected chi connectivity index (χ0v) is 15.7. The first-order valence-electron chi connectivity index (χ1n) is 8.02. The minimum atomic E-state index is -0.481. The molecule has 3 aromatic rings. The Bertz CT molecular complexity index is 1090. The lowest BCUT2D eigenvalue weighted by Gasteiger charge is -2.23. The van der Waals surface area contributed by atoms with Crippen LogP contribution in [-0.4, -0.2) is 35.3 Å². The highest BCUT2D eigenvalue weighted by Crippen LogP contribution is 2.35. The smallest absolute Gasteiger partial charge is 0.282 e. The van der Waals surface area contributed by atoms with Crippen molar-refractivity contribution in [3.8, 4) is 11.5 Å². The van der Waals surface area contributed by atoms with E-state index in [1.54, 1.807) is 36.4 Å². The molecule has 3 aromatic carbocycles. The molecule has 0 unspecified atom stereocenters. The largest absolute Gasteiger partial charge is 0.503 e. The van der Waals surface area contributed by atoms with Crippen LogP contribution in [-0.2, 0) is 0 Å². The van der Waals surface area contributed by atoms with Gasteiger partial charge in [0.25, 0.3) is 11.8 Å². The molecular formula is C20H13BrN2O4. The summed E-state index contributed by atoms with van der Waals surface area (Å²) in [5.41, 5.74) is 1.42. The molecule has 0 radical (unpaired) electrons. The van der Waals surface area contributed by atoms with Crippen molar-refractivity contribution in [3.63, 3.8) is 0 Å². The molecular weight excluding hydrogens is 412 g/mol. The summed E-state index contributed by atoms with van der Waals surface area (Å²) < 4.78 is 5.51. The topological polar surface area (TPSA) is 79.2 Å². The van der Waals surface area contributed by atoms with Crippen LogP contribution in [0.1, 0.15) is 26.3 Å². The Balaban J connectivity index is 1.76. The van der Waals surface area contributed by atoms with Crippen LogP contribution >= 0.6 is 15.9 Å². The molecule has 1 aliphatic heterocycles. The van der Waals surface area contributed by atoms with E-state index < -0.39 is 11.8 Å². The van der Waals surface area contributed by atoms with E-state index in [4.69, 9.17) is 4.74 Å². The van der Waals surface area contributed by atoms with E-state index in [1.165, 1.54) is 13.3 Å². The Labute approximate surface area is 162 Å². The number of imide groups is 1. The minimum absolute atomic E-state index is 0.0413. The van der Waals surface area contributed by atoms with Gasteiger partial charge in [-0.1, -0.05) is 24.3 Å². The van der Waals surface area contributed by atoms with Gasteiger partial charge in [0.15, 0.2) is 11.5 Å². The number of hydrogen-bond donors (Lipinski definition) is 1. The Morgan fingerprint density at radius 3 is 2.30 bits per heavy atom. The molecule has 0 spiro atoms. The van der Waals surface area contributed by atoms with Crippen molar-refractivity contribution in [2.24, 2.45) is 5.10 Å². The molecule has 0 saturated heterocycles. The first-order chi connectivity index (χ1) is 13.0. The van der Waals surface area contributed by atoms with Gasteiger partial charge >= 0.3 is 0 Å². The van der Waals surface area contributed by atoms with Crippen LogP contribution in [0.15, 0.2) is 58.1 Å². The second-order valence-electron chi connectivity index (χ2n) is 5.93. The first-order valence-corrected chi connectivity index (χ1v) is 8.81. The van der Waals surface area contributed by atoms with Crippen molar-refractivity contribution in [3.05, 3.63) is 69.7 Å². The highest BCUT2D eigenvalue weighted by Gasteiger charge is 2.32. The summed E-state index contributed by atoms with van der Waals surface area (Å²) in [6.45, 7) is 0. The number of hydrazone groups is 1. The zero-order valence-electron chi connectivity index (χ0n) is 14.1. The molecule has 4 rings (SSSR count). The number of rotatable bonds is 3. The fourth-order valence-corrected chi connectivity index (χ4v) is 3.53. The molecule has 0 aliphatic carbocycles. The number of phenols is 1. The van der Waals surface area contributed by atoms with Crippen molar-refractivity contribution in [2.45, 2.75) is 0 Å². The SMILES string of the molecule is COc1cc(/C=N\N2C(=O)c3cccc4cccc(c34)C2=O)cc(Br)c1O. The van der Waals surface area contributed by atoms with Crippen LogP contribution in [0.2, 0.25) is 0 Å². The third-order valence-corrected chi connectivity index (χ3v) is 4.95. The van der Waals surface area contributed by atoms with E-state index in [0.717, 1.165) is 10.4 Å². The molecule has 27 heavy (non-hydrogen) atoms. The normalized spacial score (nSPS) is 13.6. The van der Waals surface area contributed by atoms with E-state index in [9.17, 15) is 14.7 Å². The molecule has 1 heterocycles. The van der Waals surface area contributed by atoms with Gasteiger partial charge < -0.3 is 9.84 Å². The minimum Gasteiger partial charge on any atom is -0.503 e. The van der Waals surface area contributed by atoms with Gasteiger partial charge in [-0.3, -0.25) is 9.59 Å². The summed E-state index contributed by atoms with van der Waals surface area (Å²) in [4.78, 5) is 25.6. The molecule has 6 nitrogen and oxygen atoms in total. The fourth-order valence-electron chi connectivity index (χ4n) is 3.07. The average molecular weight is 425 g/mol. The van der Waals surface area contributed by atoms with Gasteiger partial charge in [-0.15, -0.1) is 0 Å². The Morgan fingerprint density at radius 2 is 1.70 bits per heavy atom. The van der Waals surface area contributed by atoms with Crippen LogP contribution in [0.25, 0.3) is 10.8 Å². The van der Waals surface area contributed by atoms with Gasteiger partial charge in [0.1, 0.15) is 0 Å². The lowest BCUT2D eigenvalue weighted by atomic mass is 9.95. The highest BCUT2D eigenvalue weighted by molar-refractivity contribution is 9.10. The predicted octanol–water partition coefficient (Wildman–Crippen LogP) is 3.95. The maximum Gasteiger partial charge on any atom is 0.282 e. The average Bonchev–Trinajstić information content (AvgIpc) is 2.68. The van der Waals surface area contributed by atoms with E-state index in [2.05, 4.69) is 21.0 Å². The first kappa shape index (κ1) is 17.2. The third kappa shape index (κ3) is 2.76. The van der Waals surface area contributed by atoms with Crippen molar-refractivity contribution in [2.75, 3.05) is 7.11 Å². The summed E-state index contributed by atoms with van der Waals surface area (Å²) >= 11 is 3.23. The number of ether oxygens (including phenoxy) is 1. The van der Waals surface area contributed by atoms with Crippen molar-refractivity contribution < 1.29 is 19.4 Å². The van der Waals surface area contributed by atoms with Crippen LogP contribution < -0.4 is 4.74 Å². The van der Waals surface area contributed by atoms with Gasteiger partial charge in [0.2, 0.25) is 0 Å². The van der Waals surface area contributed by atoms with Gasteiger partial charge in [-0.2, -0.15) is 10.1 Å². The summed E-state index contributed by atoms with van der Waals surface area (Å²) in [5.74, 6) is -0.756. The third-order valence-electron chi connectivity index (χ3n) is 4.34. The van der Waals surface area contributed by atoms with Gasteiger partial charge in [0, 0.05) is 5.39 Å². The van der Waals surface area contributed by atoms with Gasteiger partial charge in [-0.25, -0.2) is 0 Å². The van der Waals surface area contributed by atoms with Crippen molar-refractivity contribution >= 4 is 44.7 Å². The number of carbonyl (C=O) groups is 2. The van der Waals surface area contributed by atoms with Gasteiger partial charge in [-0.05, 0) is 51.1 Å². The summed E-state index contributed by atoms with van der Waals surface area (Å²) in [6.07, 6.45) is 1.37. The number of hydrogen-bond acceptors (Lipinski definition) is 5. The number of aromatic hydroxyl groups is 1. The molecule has 2 amide bonds. The summed E-state index contributed by atoms with van der Waals surface area (Å²) in [7, 11) is 1.43. The quantitative estimate of drug-likeness (QED) is 0.509. The zero-order chi connectivity index (χ0) is 19.1. The second kappa shape index (κ2) is 6.51. The van der Waals surface area contributed by atoms with Crippen LogP contribution in [0.3, 0.4) is 0 Å². The molecule has 0 atom stereocenters. The van der Waals surface area contributed by atoms with Crippen LogP contribution in [0.5, 0.6) is 11.5 Å². The maximum atomic E-state index is 12.8. The Hall–Kier alpha value is -3.19. The number of carbonyl (C=O) groups excluding carboxylic acids is 2. The predicted molar refractivity (Wildman–Crippen MR) is 104 cm³/mol. The number of nitrogens with zero attached hydrogens (tertiary/aromatic N) is 2. The van der Waals surface area contributed by atoms with Crippen molar-refractivity contribution in [1.29, 1.82) is 0 Å². The number of methoxy groups -OCH3 is 1. The number of amides is 2. The molecule has 0 fully saturated rings. The molecule has 0 aromatic heterocycles. The number of halogens is 1. The van der Waals surface area contributed by atoms with Crippen molar-refractivity contribution in [1.82, 2.24) is 5.01 Å². The molecule has 1 N–H and O–H groups in total. The fraction of sp³-hybridized carbons (Fsp3) is 0.0500. The monoisotopic (exact) mass is 424 g/mol. The summed E-state index contributed by atoms with van der Waals surface area (Å²) in [6, 6.07) is 13.8. The second-order valence-corrected chi connectivity index (χ2v) is 6.78. The number of benzene rings is 3.